The van der Waals surface area contributed by atoms with Crippen LogP contribution in [0.15, 0.2) is 59.1 Å². The van der Waals surface area contributed by atoms with Crippen LogP contribution in [-0.2, 0) is 6.54 Å². The molecule has 0 saturated carbocycles. The fraction of sp³-hybridized carbons (Fsp3) is 0.286. The molecule has 1 saturated heterocycles. The number of hydrogen-bond donors (Lipinski definition) is 1. The number of aromatic nitrogens is 2. The number of likely N-dealkylation sites (tertiary alicyclic amines) is 1. The first kappa shape index (κ1) is 19.2. The van der Waals surface area contributed by atoms with E-state index in [0.29, 0.717) is 17.0 Å². The van der Waals surface area contributed by atoms with Crippen molar-refractivity contribution < 1.29 is 4.79 Å². The van der Waals surface area contributed by atoms with Crippen LogP contribution in [0.2, 0.25) is 0 Å². The van der Waals surface area contributed by atoms with Gasteiger partial charge in [-0.1, -0.05) is 57.6 Å². The average molecular weight is 457 g/mol. The smallest absolute Gasteiger partial charge is 0.286 e. The van der Waals surface area contributed by atoms with Crippen LogP contribution in [0.25, 0.3) is 0 Å². The third-order valence-electron chi connectivity index (χ3n) is 5.08. The maximum absolute atomic E-state index is 12.4. The molecule has 1 aromatic heterocycles. The molecule has 7 heteroatoms. The highest BCUT2D eigenvalue weighted by Crippen LogP contribution is 2.33. The molecule has 1 amide bonds. The lowest BCUT2D eigenvalue weighted by Crippen LogP contribution is -2.26. The van der Waals surface area contributed by atoms with E-state index >= 15 is 0 Å². The minimum Gasteiger partial charge on any atom is -0.320 e. The first-order valence-corrected chi connectivity index (χ1v) is 10.9. The van der Waals surface area contributed by atoms with Gasteiger partial charge in [0.2, 0.25) is 5.01 Å². The van der Waals surface area contributed by atoms with Gasteiger partial charge in [0.05, 0.1) is 6.54 Å². The Bertz CT molecular complexity index is 945. The molecule has 0 radical (unpaired) electrons. The molecular formula is C21H21BrN4OS. The first-order chi connectivity index (χ1) is 13.6. The van der Waals surface area contributed by atoms with Gasteiger partial charge in [-0.2, -0.15) is 0 Å². The number of halogens is 1. The van der Waals surface area contributed by atoms with E-state index < -0.39 is 0 Å². The third-order valence-corrected chi connectivity index (χ3v) is 6.51. The molecular weight excluding hydrogens is 436 g/mol. The summed E-state index contributed by atoms with van der Waals surface area (Å²) >= 11 is 4.87. The highest BCUT2D eigenvalue weighted by Gasteiger charge is 2.30. The van der Waals surface area contributed by atoms with Gasteiger partial charge in [0.25, 0.3) is 5.91 Å². The summed E-state index contributed by atoms with van der Waals surface area (Å²) in [6.07, 6.45) is 1.13. The Morgan fingerprint density at radius 2 is 1.93 bits per heavy atom. The van der Waals surface area contributed by atoms with Crippen LogP contribution < -0.4 is 5.32 Å². The molecule has 0 aliphatic carbocycles. The number of anilines is 1. The number of amides is 1. The summed E-state index contributed by atoms with van der Waals surface area (Å²) in [7, 11) is 0. The maximum atomic E-state index is 12.4. The zero-order valence-corrected chi connectivity index (χ0v) is 17.9. The van der Waals surface area contributed by atoms with Crippen LogP contribution in [-0.4, -0.2) is 33.6 Å². The van der Waals surface area contributed by atoms with Crippen molar-refractivity contribution in [3.05, 3.63) is 74.6 Å². The van der Waals surface area contributed by atoms with Gasteiger partial charge in [0, 0.05) is 22.7 Å². The zero-order chi connectivity index (χ0) is 19.5. The van der Waals surface area contributed by atoms with Crippen LogP contribution in [0, 0.1) is 0 Å². The average Bonchev–Trinajstić information content (AvgIpc) is 3.31. The normalized spacial score (nSPS) is 19.6. The van der Waals surface area contributed by atoms with Crippen LogP contribution in [0.5, 0.6) is 0 Å². The van der Waals surface area contributed by atoms with Crippen molar-refractivity contribution in [2.75, 3.05) is 11.9 Å². The Balaban J connectivity index is 1.38. The molecule has 2 aromatic carbocycles. The molecule has 1 N–H and O–H groups in total. The van der Waals surface area contributed by atoms with Crippen molar-refractivity contribution in [1.82, 2.24) is 15.1 Å². The minimum absolute atomic E-state index is 0.211. The lowest BCUT2D eigenvalue weighted by atomic mass is 9.97. The Hall–Kier alpha value is -2.09. The predicted molar refractivity (Wildman–Crippen MR) is 116 cm³/mol. The number of para-hydroxylation sites is 1. The number of nitrogens with zero attached hydrogens (tertiary/aromatic N) is 3. The van der Waals surface area contributed by atoms with E-state index in [1.807, 2.05) is 30.3 Å². The fourth-order valence-electron chi connectivity index (χ4n) is 3.58. The van der Waals surface area contributed by atoms with Crippen LogP contribution >= 0.6 is 27.3 Å². The summed E-state index contributed by atoms with van der Waals surface area (Å²) in [6.45, 7) is 3.97. The van der Waals surface area contributed by atoms with Gasteiger partial charge in [-0.3, -0.25) is 9.69 Å². The third kappa shape index (κ3) is 4.48. The first-order valence-electron chi connectivity index (χ1n) is 9.27. The lowest BCUT2D eigenvalue weighted by molar-refractivity contribution is 0.102. The van der Waals surface area contributed by atoms with Crippen molar-refractivity contribution in [2.24, 2.45) is 0 Å². The molecule has 2 atom stereocenters. The quantitative estimate of drug-likeness (QED) is 0.590. The molecule has 2 unspecified atom stereocenters. The second-order valence-electron chi connectivity index (χ2n) is 7.08. The second-order valence-corrected chi connectivity index (χ2v) is 9.06. The fourth-order valence-corrected chi connectivity index (χ4v) is 4.61. The number of hydrogen-bond acceptors (Lipinski definition) is 5. The summed E-state index contributed by atoms with van der Waals surface area (Å²) in [4.78, 5) is 14.8. The van der Waals surface area contributed by atoms with Crippen LogP contribution in [0.3, 0.4) is 0 Å². The lowest BCUT2D eigenvalue weighted by Gasteiger charge is -2.19. The summed E-state index contributed by atoms with van der Waals surface area (Å²) < 4.78 is 1.11. The van der Waals surface area contributed by atoms with Crippen LogP contribution in [0.4, 0.5) is 5.69 Å². The van der Waals surface area contributed by atoms with Gasteiger partial charge in [0.1, 0.15) is 5.01 Å². The van der Waals surface area contributed by atoms with Crippen molar-refractivity contribution in [2.45, 2.75) is 31.8 Å². The van der Waals surface area contributed by atoms with E-state index in [9.17, 15) is 4.79 Å². The minimum atomic E-state index is -0.211. The van der Waals surface area contributed by atoms with E-state index in [4.69, 9.17) is 0 Å². The molecule has 4 rings (SSSR count). The van der Waals surface area contributed by atoms with E-state index in [1.165, 1.54) is 16.9 Å². The molecule has 2 heterocycles. The highest BCUT2D eigenvalue weighted by molar-refractivity contribution is 9.10. The molecule has 1 aliphatic rings. The Labute approximate surface area is 176 Å². The predicted octanol–water partition coefficient (Wildman–Crippen LogP) is 4.93. The number of carbonyl (C=O) groups excluding carboxylic acids is 1. The molecule has 5 nitrogen and oxygen atoms in total. The number of nitrogens with one attached hydrogen (secondary N) is 1. The van der Waals surface area contributed by atoms with E-state index in [0.717, 1.165) is 34.7 Å². The summed E-state index contributed by atoms with van der Waals surface area (Å²) in [5.41, 5.74) is 2.13. The molecule has 28 heavy (non-hydrogen) atoms. The van der Waals surface area contributed by atoms with E-state index in [1.54, 1.807) is 0 Å². The van der Waals surface area contributed by atoms with Gasteiger partial charge in [-0.05, 0) is 49.1 Å². The number of carbonyl (C=O) groups is 1. The van der Waals surface area contributed by atoms with Gasteiger partial charge in [-0.15, -0.1) is 10.2 Å². The summed E-state index contributed by atoms with van der Waals surface area (Å²) in [5.74, 6) is 0.314. The second kappa shape index (κ2) is 8.51. The SMILES string of the molecule is CC1CC(c2ccc(Br)cc2)CN1Cc1nnc(C(=O)Nc2ccccc2)s1. The highest BCUT2D eigenvalue weighted by atomic mass is 79.9. The molecule has 1 aliphatic heterocycles. The van der Waals surface area contributed by atoms with E-state index in [2.05, 4.69) is 67.5 Å². The van der Waals surface area contributed by atoms with E-state index in [-0.39, 0.29) is 5.91 Å². The number of rotatable bonds is 5. The maximum Gasteiger partial charge on any atom is 0.286 e. The van der Waals surface area contributed by atoms with Crippen molar-refractivity contribution in [1.29, 1.82) is 0 Å². The van der Waals surface area contributed by atoms with Gasteiger partial charge < -0.3 is 5.32 Å². The Morgan fingerprint density at radius 3 is 2.68 bits per heavy atom. The summed E-state index contributed by atoms with van der Waals surface area (Å²) in [6, 6.07) is 18.5. The van der Waals surface area contributed by atoms with Gasteiger partial charge >= 0.3 is 0 Å². The Morgan fingerprint density at radius 1 is 1.18 bits per heavy atom. The standard InChI is InChI=1S/C21H21BrN4OS/c1-14-11-16(15-7-9-17(22)10-8-15)12-26(14)13-19-24-25-21(28-19)20(27)23-18-5-3-2-4-6-18/h2-10,14,16H,11-13H2,1H3,(H,23,27). The van der Waals surface area contributed by atoms with Crippen LogP contribution in [0.1, 0.15) is 39.6 Å². The topological polar surface area (TPSA) is 58.1 Å². The van der Waals surface area contributed by atoms with Crippen molar-refractivity contribution >= 4 is 38.9 Å². The molecule has 0 bridgehead atoms. The molecule has 144 valence electrons. The van der Waals surface area contributed by atoms with Crippen molar-refractivity contribution in [3.8, 4) is 0 Å². The monoisotopic (exact) mass is 456 g/mol. The van der Waals surface area contributed by atoms with Gasteiger partial charge in [-0.25, -0.2) is 0 Å². The molecule has 0 spiro atoms. The zero-order valence-electron chi connectivity index (χ0n) is 15.5. The molecule has 1 fully saturated rings. The van der Waals surface area contributed by atoms with Crippen molar-refractivity contribution in [3.63, 3.8) is 0 Å². The number of benzene rings is 2. The summed E-state index contributed by atoms with van der Waals surface area (Å²) in [5, 5.41) is 12.5. The largest absolute Gasteiger partial charge is 0.320 e. The Kier molecular flexibility index (Phi) is 5.85. The molecule has 3 aromatic rings. The van der Waals surface area contributed by atoms with Gasteiger partial charge in [0.15, 0.2) is 0 Å².